The van der Waals surface area contributed by atoms with E-state index in [9.17, 15) is 9.59 Å². The van der Waals surface area contributed by atoms with Crippen LogP contribution in [0.3, 0.4) is 0 Å². The Labute approximate surface area is 110 Å². The smallest absolute Gasteiger partial charge is 0.301 e. The number of H-pyrrole nitrogens is 2. The van der Waals surface area contributed by atoms with Crippen molar-refractivity contribution in [2.24, 2.45) is 0 Å². The van der Waals surface area contributed by atoms with Crippen LogP contribution in [0.2, 0.25) is 0 Å². The van der Waals surface area contributed by atoms with Crippen molar-refractivity contribution in [2.75, 3.05) is 5.32 Å². The number of hydrogen-bond donors (Lipinski definition) is 3. The van der Waals surface area contributed by atoms with Gasteiger partial charge in [0, 0.05) is 11.6 Å². The average Bonchev–Trinajstić information content (AvgIpc) is 2.97. The van der Waals surface area contributed by atoms with Gasteiger partial charge in [0.15, 0.2) is 5.13 Å². The third kappa shape index (κ3) is 3.44. The molecule has 0 aliphatic carbocycles. The summed E-state index contributed by atoms with van der Waals surface area (Å²) in [6.45, 7) is 1.79. The number of aromatic nitrogens is 4. The van der Waals surface area contributed by atoms with Gasteiger partial charge in [-0.2, -0.15) is 5.10 Å². The Kier molecular flexibility index (Phi) is 4.15. The van der Waals surface area contributed by atoms with Gasteiger partial charge < -0.3 is 5.32 Å². The molecule has 0 saturated carbocycles. The zero-order valence-corrected chi connectivity index (χ0v) is 11.1. The molecule has 2 heterocycles. The molecule has 18 heavy (non-hydrogen) atoms. The van der Waals surface area contributed by atoms with E-state index in [1.807, 2.05) is 0 Å². The molecule has 0 saturated heterocycles. The molecule has 0 spiro atoms. The van der Waals surface area contributed by atoms with E-state index in [-0.39, 0.29) is 16.8 Å². The first-order valence-corrected chi connectivity index (χ1v) is 7.03. The second-order valence-corrected chi connectivity index (χ2v) is 5.63. The molecule has 0 fully saturated rings. The molecule has 0 radical (unpaired) electrons. The van der Waals surface area contributed by atoms with Gasteiger partial charge in [-0.15, -0.1) is 23.1 Å². The Hall–Kier alpha value is -1.61. The number of hydrogen-bond acceptors (Lipinski definition) is 6. The lowest BCUT2D eigenvalue weighted by atomic mass is 10.4. The van der Waals surface area contributed by atoms with E-state index in [1.54, 1.807) is 18.5 Å². The molecule has 7 nitrogen and oxygen atoms in total. The number of nitrogens with zero attached hydrogens (tertiary/aromatic N) is 2. The Morgan fingerprint density at radius 3 is 3.11 bits per heavy atom. The van der Waals surface area contributed by atoms with E-state index in [0.29, 0.717) is 16.7 Å². The van der Waals surface area contributed by atoms with Crippen LogP contribution in [-0.4, -0.2) is 31.3 Å². The fourth-order valence-corrected chi connectivity index (χ4v) is 2.43. The van der Waals surface area contributed by atoms with Crippen molar-refractivity contribution >= 4 is 34.1 Å². The molecule has 0 aromatic carbocycles. The minimum absolute atomic E-state index is 0.118. The maximum absolute atomic E-state index is 11.8. The molecule has 9 heteroatoms. The number of nitrogens with one attached hydrogen (secondary N) is 3. The molecular weight excluding hydrogens is 274 g/mol. The van der Waals surface area contributed by atoms with Gasteiger partial charge in [0.2, 0.25) is 5.91 Å². The summed E-state index contributed by atoms with van der Waals surface area (Å²) in [5.41, 5.74) is -0.342. The van der Waals surface area contributed by atoms with Gasteiger partial charge in [0.1, 0.15) is 5.82 Å². The highest BCUT2D eigenvalue weighted by Crippen LogP contribution is 2.17. The van der Waals surface area contributed by atoms with Crippen molar-refractivity contribution in [2.45, 2.75) is 17.9 Å². The summed E-state index contributed by atoms with van der Waals surface area (Å²) in [7, 11) is 0. The highest BCUT2D eigenvalue weighted by molar-refractivity contribution is 7.99. The predicted molar refractivity (Wildman–Crippen MR) is 70.7 cm³/mol. The van der Waals surface area contributed by atoms with E-state index in [2.05, 4.69) is 25.5 Å². The van der Waals surface area contributed by atoms with Crippen LogP contribution in [0.4, 0.5) is 5.13 Å². The van der Waals surface area contributed by atoms with Crippen LogP contribution < -0.4 is 11.0 Å². The summed E-state index contributed by atoms with van der Waals surface area (Å²) in [6, 6.07) is 0. The Morgan fingerprint density at radius 2 is 2.50 bits per heavy atom. The minimum atomic E-state index is -0.342. The van der Waals surface area contributed by atoms with Gasteiger partial charge in [-0.05, 0) is 6.92 Å². The van der Waals surface area contributed by atoms with Crippen LogP contribution in [0.1, 0.15) is 12.7 Å². The molecule has 2 rings (SSSR count). The highest BCUT2D eigenvalue weighted by atomic mass is 32.2. The molecule has 0 bridgehead atoms. The van der Waals surface area contributed by atoms with Gasteiger partial charge in [-0.25, -0.2) is 14.9 Å². The first-order chi connectivity index (χ1) is 8.65. The lowest BCUT2D eigenvalue weighted by Crippen LogP contribution is -2.22. The highest BCUT2D eigenvalue weighted by Gasteiger charge is 2.15. The Bertz CT molecular complexity index is 562. The number of carbonyl (C=O) groups is 1. The number of aromatic amines is 2. The van der Waals surface area contributed by atoms with E-state index in [0.717, 1.165) is 0 Å². The quantitative estimate of drug-likeness (QED) is 0.754. The monoisotopic (exact) mass is 285 g/mol. The van der Waals surface area contributed by atoms with Crippen LogP contribution in [0, 0.1) is 0 Å². The zero-order chi connectivity index (χ0) is 13.0. The minimum Gasteiger partial charge on any atom is -0.301 e. The van der Waals surface area contributed by atoms with Crippen molar-refractivity contribution in [1.29, 1.82) is 0 Å². The number of amides is 1. The van der Waals surface area contributed by atoms with Gasteiger partial charge >= 0.3 is 5.69 Å². The Balaban J connectivity index is 1.82. The molecule has 0 aliphatic heterocycles. The summed E-state index contributed by atoms with van der Waals surface area (Å²) < 4.78 is 0. The third-order valence-corrected chi connectivity index (χ3v) is 3.89. The second-order valence-electron chi connectivity index (χ2n) is 3.40. The van der Waals surface area contributed by atoms with Crippen molar-refractivity contribution in [3.8, 4) is 0 Å². The molecule has 1 atom stereocenters. The molecule has 3 N–H and O–H groups in total. The number of anilines is 1. The standard InChI is InChI=1S/C9H11N5O2S2/c1-5(7(15)12-9-10-2-3-17-9)18-4-6-11-8(16)14-13-6/h2-3,5H,4H2,1H3,(H,10,12,15)(H2,11,13,14,16)/t5-/m1/s1. The maximum Gasteiger partial charge on any atom is 0.340 e. The summed E-state index contributed by atoms with van der Waals surface area (Å²) in [5.74, 6) is 0.872. The topological polar surface area (TPSA) is 104 Å². The number of rotatable bonds is 5. The molecule has 96 valence electrons. The van der Waals surface area contributed by atoms with E-state index >= 15 is 0 Å². The second kappa shape index (κ2) is 5.83. The summed E-state index contributed by atoms with van der Waals surface area (Å²) in [6.07, 6.45) is 1.63. The van der Waals surface area contributed by atoms with E-state index < -0.39 is 0 Å². The predicted octanol–water partition coefficient (Wildman–Crippen LogP) is 0.815. The van der Waals surface area contributed by atoms with E-state index in [4.69, 9.17) is 0 Å². The fourth-order valence-electron chi connectivity index (χ4n) is 1.15. The summed E-state index contributed by atoms with van der Waals surface area (Å²) in [5, 5.41) is 10.9. The van der Waals surface area contributed by atoms with Gasteiger partial charge in [0.25, 0.3) is 0 Å². The van der Waals surface area contributed by atoms with Crippen molar-refractivity contribution < 1.29 is 4.79 Å². The number of thiazole rings is 1. The molecule has 0 aliphatic rings. The average molecular weight is 285 g/mol. The summed E-state index contributed by atoms with van der Waals surface area (Å²) >= 11 is 2.75. The number of carbonyl (C=O) groups excluding carboxylic acids is 1. The number of thioether (sulfide) groups is 1. The van der Waals surface area contributed by atoms with Crippen LogP contribution in [0.5, 0.6) is 0 Å². The molecular formula is C9H11N5O2S2. The Morgan fingerprint density at radius 1 is 1.67 bits per heavy atom. The fraction of sp³-hybridized carbons (Fsp3) is 0.333. The van der Waals surface area contributed by atoms with E-state index in [1.165, 1.54) is 23.1 Å². The largest absolute Gasteiger partial charge is 0.340 e. The first kappa shape index (κ1) is 12.8. The summed E-state index contributed by atoms with van der Waals surface area (Å²) in [4.78, 5) is 29.1. The van der Waals surface area contributed by atoms with Crippen LogP contribution in [-0.2, 0) is 10.5 Å². The van der Waals surface area contributed by atoms with Gasteiger partial charge in [-0.1, -0.05) is 0 Å². The van der Waals surface area contributed by atoms with Gasteiger partial charge in [0.05, 0.1) is 11.0 Å². The lowest BCUT2D eigenvalue weighted by molar-refractivity contribution is -0.115. The molecule has 2 aromatic heterocycles. The third-order valence-electron chi connectivity index (χ3n) is 2.05. The van der Waals surface area contributed by atoms with Crippen LogP contribution in [0.15, 0.2) is 16.4 Å². The SMILES string of the molecule is C[C@@H](SCc1n[nH]c(=O)[nH]1)C(=O)Nc1nccs1. The normalized spacial score (nSPS) is 12.3. The van der Waals surface area contributed by atoms with Gasteiger partial charge in [-0.3, -0.25) is 9.78 Å². The van der Waals surface area contributed by atoms with Crippen molar-refractivity contribution in [3.63, 3.8) is 0 Å². The van der Waals surface area contributed by atoms with Crippen LogP contribution in [0.25, 0.3) is 0 Å². The van der Waals surface area contributed by atoms with Crippen molar-refractivity contribution in [1.82, 2.24) is 20.2 Å². The van der Waals surface area contributed by atoms with Crippen LogP contribution >= 0.6 is 23.1 Å². The molecule has 0 unspecified atom stereocenters. The molecule has 1 amide bonds. The lowest BCUT2D eigenvalue weighted by Gasteiger charge is -2.08. The molecule has 2 aromatic rings. The zero-order valence-electron chi connectivity index (χ0n) is 9.47. The maximum atomic E-state index is 11.8. The first-order valence-electron chi connectivity index (χ1n) is 5.10. The van der Waals surface area contributed by atoms with Crippen molar-refractivity contribution in [3.05, 3.63) is 27.9 Å².